The Kier molecular flexibility index (Phi) is 8.55. The zero-order valence-corrected chi connectivity index (χ0v) is 16.2. The van der Waals surface area contributed by atoms with Crippen molar-refractivity contribution >= 4 is 31.6 Å². The molecule has 0 bridgehead atoms. The Morgan fingerprint density at radius 1 is 0.842 bits per heavy atom. The summed E-state index contributed by atoms with van der Waals surface area (Å²) in [5.41, 5.74) is 0. The van der Waals surface area contributed by atoms with Crippen molar-refractivity contribution in [2.75, 3.05) is 11.5 Å². The maximum atomic E-state index is 2.58. The van der Waals surface area contributed by atoms with Gasteiger partial charge >= 0.3 is 0 Å². The molecule has 3 heteroatoms. The first-order valence-electron chi connectivity index (χ1n) is 8.30. The van der Waals surface area contributed by atoms with Gasteiger partial charge in [-0.15, -0.1) is 23.5 Å². The molecule has 0 N–H and O–H groups in total. The van der Waals surface area contributed by atoms with Crippen LogP contribution in [-0.4, -0.2) is 23.3 Å². The SMILES string of the molecule is CCCCCCCCCC1([Si](C)(C)C)SCCCS1. The molecule has 19 heavy (non-hydrogen) atoms. The van der Waals surface area contributed by atoms with Crippen LogP contribution in [-0.2, 0) is 0 Å². The molecule has 0 aliphatic carbocycles. The summed E-state index contributed by atoms with van der Waals surface area (Å²) in [4.78, 5) is 0. The van der Waals surface area contributed by atoms with Gasteiger partial charge < -0.3 is 0 Å². The van der Waals surface area contributed by atoms with E-state index in [9.17, 15) is 0 Å². The van der Waals surface area contributed by atoms with Gasteiger partial charge in [-0.25, -0.2) is 0 Å². The second-order valence-electron chi connectivity index (χ2n) is 6.92. The summed E-state index contributed by atoms with van der Waals surface area (Å²) in [7, 11) is -1.06. The molecule has 1 saturated heterocycles. The lowest BCUT2D eigenvalue weighted by atomic mass is 10.1. The van der Waals surface area contributed by atoms with Crippen molar-refractivity contribution in [3.63, 3.8) is 0 Å². The van der Waals surface area contributed by atoms with Gasteiger partial charge in [0.25, 0.3) is 0 Å². The first-order chi connectivity index (χ1) is 9.02. The largest absolute Gasteiger partial charge is 0.148 e. The lowest BCUT2D eigenvalue weighted by Crippen LogP contribution is -2.48. The van der Waals surface area contributed by atoms with Crippen LogP contribution < -0.4 is 0 Å². The van der Waals surface area contributed by atoms with Crippen LogP contribution in [0.5, 0.6) is 0 Å². The highest BCUT2D eigenvalue weighted by Gasteiger charge is 2.44. The third kappa shape index (κ3) is 6.05. The topological polar surface area (TPSA) is 0 Å². The minimum absolute atomic E-state index is 0.634. The molecule has 114 valence electrons. The molecule has 0 unspecified atom stereocenters. The van der Waals surface area contributed by atoms with E-state index in [-0.39, 0.29) is 0 Å². The Labute approximate surface area is 131 Å². The van der Waals surface area contributed by atoms with Gasteiger partial charge in [0, 0.05) is 0 Å². The van der Waals surface area contributed by atoms with Crippen LogP contribution in [0.25, 0.3) is 0 Å². The van der Waals surface area contributed by atoms with Gasteiger partial charge in [-0.1, -0.05) is 71.5 Å². The number of unbranched alkanes of at least 4 members (excludes halogenated alkanes) is 6. The predicted molar refractivity (Wildman–Crippen MR) is 98.2 cm³/mol. The summed E-state index contributed by atoms with van der Waals surface area (Å²) in [5.74, 6) is 2.82. The van der Waals surface area contributed by atoms with Gasteiger partial charge in [-0.2, -0.15) is 0 Å². The van der Waals surface area contributed by atoms with Gasteiger partial charge in [0.15, 0.2) is 0 Å². The summed E-state index contributed by atoms with van der Waals surface area (Å²) >= 11 is 4.63. The fourth-order valence-electron chi connectivity index (χ4n) is 2.84. The molecule has 0 saturated carbocycles. The number of rotatable bonds is 9. The maximum Gasteiger partial charge on any atom is 0.0752 e. The van der Waals surface area contributed by atoms with Crippen molar-refractivity contribution in [3.05, 3.63) is 0 Å². The van der Waals surface area contributed by atoms with Crippen molar-refractivity contribution in [1.82, 2.24) is 0 Å². The summed E-state index contributed by atoms with van der Waals surface area (Å²) in [5, 5.41) is 0. The molecule has 0 aromatic heterocycles. The third-order valence-electron chi connectivity index (χ3n) is 4.21. The molecule has 0 radical (unpaired) electrons. The maximum absolute atomic E-state index is 2.58. The van der Waals surface area contributed by atoms with E-state index in [1.54, 1.807) is 0 Å². The van der Waals surface area contributed by atoms with Crippen LogP contribution in [0.4, 0.5) is 0 Å². The van der Waals surface area contributed by atoms with Crippen molar-refractivity contribution in [3.8, 4) is 0 Å². The lowest BCUT2D eigenvalue weighted by Gasteiger charge is -2.45. The van der Waals surface area contributed by atoms with Gasteiger partial charge in [0.2, 0.25) is 0 Å². The summed E-state index contributed by atoms with van der Waals surface area (Å²) in [6.45, 7) is 10.0. The smallest absolute Gasteiger partial charge is 0.0752 e. The second kappa shape index (κ2) is 9.04. The summed E-state index contributed by atoms with van der Waals surface area (Å²) in [6, 6.07) is 0. The van der Waals surface area contributed by atoms with Crippen LogP contribution in [0, 0.1) is 0 Å². The van der Waals surface area contributed by atoms with E-state index in [2.05, 4.69) is 50.1 Å². The molecule has 0 aromatic rings. The predicted octanol–water partition coefficient (Wildman–Crippen LogP) is 6.57. The van der Waals surface area contributed by atoms with Crippen molar-refractivity contribution in [1.29, 1.82) is 0 Å². The normalized spacial score (nSPS) is 19.6. The Balaban J connectivity index is 2.26. The molecule has 0 aromatic carbocycles. The van der Waals surface area contributed by atoms with E-state index in [0.29, 0.717) is 3.70 Å². The highest BCUT2D eigenvalue weighted by atomic mass is 32.2. The third-order valence-corrected chi connectivity index (χ3v) is 14.3. The van der Waals surface area contributed by atoms with E-state index < -0.39 is 8.07 Å². The van der Waals surface area contributed by atoms with E-state index in [4.69, 9.17) is 0 Å². The number of hydrogen-bond donors (Lipinski definition) is 0. The van der Waals surface area contributed by atoms with Gasteiger partial charge in [-0.05, 0) is 24.3 Å². The average Bonchev–Trinajstić information content (AvgIpc) is 2.37. The monoisotopic (exact) mass is 318 g/mol. The molecule has 0 atom stereocenters. The van der Waals surface area contributed by atoms with E-state index in [1.807, 2.05) is 0 Å². The highest BCUT2D eigenvalue weighted by molar-refractivity contribution is 8.21. The zero-order valence-electron chi connectivity index (χ0n) is 13.6. The van der Waals surface area contributed by atoms with Gasteiger partial charge in [-0.3, -0.25) is 0 Å². The summed E-state index contributed by atoms with van der Waals surface area (Å²) < 4.78 is 0.634. The summed E-state index contributed by atoms with van der Waals surface area (Å²) in [6.07, 6.45) is 13.0. The van der Waals surface area contributed by atoms with Crippen LogP contribution in [0.1, 0.15) is 64.7 Å². The second-order valence-corrected chi connectivity index (χ2v) is 16.0. The Hall–Kier alpha value is 0.917. The Bertz CT molecular complexity index is 229. The molecule has 1 rings (SSSR count). The standard InChI is InChI=1S/C16H34S2Si/c1-5-6-7-8-9-10-11-13-16(19(2,3)4)17-14-12-15-18-16/h5-15H2,1-4H3. The van der Waals surface area contributed by atoms with Crippen LogP contribution in [0.15, 0.2) is 0 Å². The molecular weight excluding hydrogens is 284 g/mol. The fourth-order valence-corrected chi connectivity index (χ4v) is 10.7. The average molecular weight is 319 g/mol. The van der Waals surface area contributed by atoms with Gasteiger partial charge in [0.1, 0.15) is 0 Å². The van der Waals surface area contributed by atoms with E-state index in [1.165, 1.54) is 69.3 Å². The minimum Gasteiger partial charge on any atom is -0.148 e. The number of thioether (sulfide) groups is 2. The molecule has 0 nitrogen and oxygen atoms in total. The Morgan fingerprint density at radius 2 is 1.37 bits per heavy atom. The first kappa shape index (κ1) is 18.0. The molecule has 1 aliphatic heterocycles. The molecule has 0 spiro atoms. The molecule has 1 aliphatic rings. The number of hydrogen-bond acceptors (Lipinski definition) is 2. The zero-order chi connectivity index (χ0) is 14.2. The first-order valence-corrected chi connectivity index (χ1v) is 13.8. The quantitative estimate of drug-likeness (QED) is 0.348. The van der Waals surface area contributed by atoms with Crippen molar-refractivity contribution in [2.45, 2.75) is 88.1 Å². The van der Waals surface area contributed by atoms with E-state index >= 15 is 0 Å². The van der Waals surface area contributed by atoms with Crippen LogP contribution in [0.2, 0.25) is 19.6 Å². The minimum atomic E-state index is -1.06. The highest BCUT2D eigenvalue weighted by Crippen LogP contribution is 2.51. The van der Waals surface area contributed by atoms with Crippen molar-refractivity contribution in [2.24, 2.45) is 0 Å². The molecular formula is C16H34S2Si. The van der Waals surface area contributed by atoms with Crippen LogP contribution in [0.3, 0.4) is 0 Å². The van der Waals surface area contributed by atoms with Crippen molar-refractivity contribution < 1.29 is 0 Å². The van der Waals surface area contributed by atoms with Gasteiger partial charge in [0.05, 0.1) is 11.8 Å². The van der Waals surface area contributed by atoms with Crippen LogP contribution >= 0.6 is 23.5 Å². The molecule has 1 fully saturated rings. The van der Waals surface area contributed by atoms with E-state index in [0.717, 1.165) is 0 Å². The fraction of sp³-hybridized carbons (Fsp3) is 1.00. The molecule has 1 heterocycles. The molecule has 0 amide bonds. The Morgan fingerprint density at radius 3 is 1.89 bits per heavy atom. The lowest BCUT2D eigenvalue weighted by molar-refractivity contribution is 0.577.